The number of aromatic nitrogens is 2. The zero-order valence-electron chi connectivity index (χ0n) is 12.0. The first kappa shape index (κ1) is 14.8. The number of oxazole rings is 1. The molecule has 0 radical (unpaired) electrons. The van der Waals surface area contributed by atoms with E-state index in [0.29, 0.717) is 11.6 Å². The maximum Gasteiger partial charge on any atom is 0.268 e. The van der Waals surface area contributed by atoms with Crippen molar-refractivity contribution in [3.8, 4) is 0 Å². The molecule has 1 N–H and O–H groups in total. The Hall–Kier alpha value is -1.56. The number of hydrogen-bond acceptors (Lipinski definition) is 3. The van der Waals surface area contributed by atoms with Crippen LogP contribution < -0.4 is 5.32 Å². The number of amides is 1. The zero-order valence-corrected chi connectivity index (χ0v) is 13.6. The van der Waals surface area contributed by atoms with E-state index in [1.54, 1.807) is 6.20 Å². The second kappa shape index (κ2) is 5.83. The second-order valence-electron chi connectivity index (χ2n) is 5.05. The van der Waals surface area contributed by atoms with E-state index >= 15 is 0 Å². The van der Waals surface area contributed by atoms with E-state index in [-0.39, 0.29) is 18.0 Å². The first-order valence-electron chi connectivity index (χ1n) is 6.49. The third kappa shape index (κ3) is 3.12. The molecule has 0 aliphatic heterocycles. The van der Waals surface area contributed by atoms with E-state index in [9.17, 15) is 4.79 Å². The molecule has 0 aliphatic rings. The molecule has 2 aromatic heterocycles. The van der Waals surface area contributed by atoms with Gasteiger partial charge in [0, 0.05) is 16.7 Å². The Morgan fingerprint density at radius 2 is 2.15 bits per heavy atom. The van der Waals surface area contributed by atoms with Gasteiger partial charge in [0.25, 0.3) is 5.91 Å². The Kier molecular flexibility index (Phi) is 4.32. The van der Waals surface area contributed by atoms with Crippen molar-refractivity contribution in [1.82, 2.24) is 14.9 Å². The maximum atomic E-state index is 12.4. The third-order valence-electron chi connectivity index (χ3n) is 2.96. The van der Waals surface area contributed by atoms with Gasteiger partial charge in [0.05, 0.1) is 6.20 Å². The fourth-order valence-corrected chi connectivity index (χ4v) is 2.40. The molecule has 108 valence electrons. The summed E-state index contributed by atoms with van der Waals surface area (Å²) in [7, 11) is 0. The molecule has 2 heterocycles. The average molecular weight is 340 g/mol. The Bertz CT molecular complexity index is 616. The van der Waals surface area contributed by atoms with Crippen molar-refractivity contribution in [2.45, 2.75) is 39.8 Å². The highest BCUT2D eigenvalue weighted by Gasteiger charge is 2.19. The summed E-state index contributed by atoms with van der Waals surface area (Å²) in [5, 5.41) is 2.90. The van der Waals surface area contributed by atoms with Gasteiger partial charge in [-0.2, -0.15) is 0 Å². The summed E-state index contributed by atoms with van der Waals surface area (Å²) < 4.78 is 8.23. The highest BCUT2D eigenvalue weighted by atomic mass is 79.9. The molecule has 0 bridgehead atoms. The zero-order chi connectivity index (χ0) is 14.9. The molecular formula is C14H18BrN3O2. The third-order valence-corrected chi connectivity index (χ3v) is 3.40. The number of nitrogens with zero attached hydrogens (tertiary/aromatic N) is 2. The molecular weight excluding hydrogens is 322 g/mol. The van der Waals surface area contributed by atoms with Gasteiger partial charge in [0.2, 0.25) is 5.89 Å². The van der Waals surface area contributed by atoms with Crippen LogP contribution in [0.1, 0.15) is 55.0 Å². The van der Waals surface area contributed by atoms with Crippen molar-refractivity contribution in [3.05, 3.63) is 40.3 Å². The van der Waals surface area contributed by atoms with E-state index < -0.39 is 0 Å². The van der Waals surface area contributed by atoms with Crippen molar-refractivity contribution in [1.29, 1.82) is 0 Å². The molecule has 2 rings (SSSR count). The molecule has 6 heteroatoms. The van der Waals surface area contributed by atoms with Crippen LogP contribution in [-0.2, 0) is 0 Å². The summed E-state index contributed by atoms with van der Waals surface area (Å²) in [6.07, 6.45) is 3.55. The van der Waals surface area contributed by atoms with Crippen LogP contribution in [-0.4, -0.2) is 15.5 Å². The molecule has 0 fully saturated rings. The summed E-state index contributed by atoms with van der Waals surface area (Å²) in [4.78, 5) is 16.5. The molecule has 1 unspecified atom stereocenters. The fourth-order valence-electron chi connectivity index (χ4n) is 1.96. The lowest BCUT2D eigenvalue weighted by Crippen LogP contribution is -2.29. The lowest BCUT2D eigenvalue weighted by Gasteiger charge is -2.14. The first-order valence-corrected chi connectivity index (χ1v) is 7.28. The highest BCUT2D eigenvalue weighted by Crippen LogP contribution is 2.20. The van der Waals surface area contributed by atoms with Gasteiger partial charge >= 0.3 is 0 Å². The van der Waals surface area contributed by atoms with Crippen LogP contribution in [0.4, 0.5) is 0 Å². The number of nitrogens with one attached hydrogen (secondary N) is 1. The molecule has 1 amide bonds. The summed E-state index contributed by atoms with van der Waals surface area (Å²) in [6, 6.07) is 1.75. The fraction of sp³-hybridized carbons (Fsp3) is 0.429. The largest absolute Gasteiger partial charge is 0.444 e. The van der Waals surface area contributed by atoms with Gasteiger partial charge in [0.1, 0.15) is 17.5 Å². The summed E-state index contributed by atoms with van der Waals surface area (Å²) in [5.74, 6) is 1.10. The van der Waals surface area contributed by atoms with Crippen molar-refractivity contribution < 1.29 is 9.21 Å². The molecule has 5 nitrogen and oxygen atoms in total. The minimum atomic E-state index is -0.273. The summed E-state index contributed by atoms with van der Waals surface area (Å²) in [6.45, 7) is 7.74. The van der Waals surface area contributed by atoms with Crippen molar-refractivity contribution in [2.75, 3.05) is 0 Å². The van der Waals surface area contributed by atoms with E-state index in [1.807, 2.05) is 44.5 Å². The smallest absolute Gasteiger partial charge is 0.268 e. The van der Waals surface area contributed by atoms with Crippen LogP contribution in [0.15, 0.2) is 27.3 Å². The maximum absolute atomic E-state index is 12.4. The molecule has 2 aromatic rings. The Labute approximate surface area is 126 Å². The normalized spacial score (nSPS) is 12.7. The topological polar surface area (TPSA) is 60.1 Å². The van der Waals surface area contributed by atoms with Gasteiger partial charge in [-0.3, -0.25) is 4.79 Å². The highest BCUT2D eigenvalue weighted by molar-refractivity contribution is 9.10. The number of halogens is 1. The van der Waals surface area contributed by atoms with Gasteiger partial charge < -0.3 is 14.3 Å². The molecule has 0 spiro atoms. The van der Waals surface area contributed by atoms with Gasteiger partial charge in [-0.25, -0.2) is 4.98 Å². The molecule has 20 heavy (non-hydrogen) atoms. The van der Waals surface area contributed by atoms with Crippen molar-refractivity contribution in [3.63, 3.8) is 0 Å². The minimum Gasteiger partial charge on any atom is -0.444 e. The lowest BCUT2D eigenvalue weighted by atomic mass is 10.3. The number of hydrogen-bond donors (Lipinski definition) is 1. The van der Waals surface area contributed by atoms with Gasteiger partial charge in [-0.05, 0) is 49.7 Å². The SMILES string of the molecule is Cc1cnc(C(C)NC(=O)c2cc(Br)cn2C(C)C)o1. The lowest BCUT2D eigenvalue weighted by molar-refractivity contribution is 0.0923. The van der Waals surface area contributed by atoms with E-state index in [0.717, 1.165) is 10.2 Å². The first-order chi connectivity index (χ1) is 9.38. The molecule has 0 saturated heterocycles. The quantitative estimate of drug-likeness (QED) is 0.925. The van der Waals surface area contributed by atoms with Crippen LogP contribution in [0.25, 0.3) is 0 Å². The van der Waals surface area contributed by atoms with E-state index in [4.69, 9.17) is 4.42 Å². The summed E-state index contributed by atoms with van der Waals surface area (Å²) >= 11 is 3.40. The van der Waals surface area contributed by atoms with Crippen LogP contribution in [0.2, 0.25) is 0 Å². The Morgan fingerprint density at radius 1 is 1.45 bits per heavy atom. The van der Waals surface area contributed by atoms with Crippen LogP contribution >= 0.6 is 15.9 Å². The van der Waals surface area contributed by atoms with Gasteiger partial charge in [-0.15, -0.1) is 0 Å². The minimum absolute atomic E-state index is 0.146. The predicted molar refractivity (Wildman–Crippen MR) is 79.6 cm³/mol. The Morgan fingerprint density at radius 3 is 2.70 bits per heavy atom. The Balaban J connectivity index is 2.16. The van der Waals surface area contributed by atoms with Gasteiger partial charge in [0.15, 0.2) is 0 Å². The van der Waals surface area contributed by atoms with Crippen LogP contribution in [0, 0.1) is 6.92 Å². The number of rotatable bonds is 4. The summed E-state index contributed by atoms with van der Waals surface area (Å²) in [5.41, 5.74) is 0.613. The number of carbonyl (C=O) groups is 1. The monoisotopic (exact) mass is 339 g/mol. The number of aryl methyl sites for hydroxylation is 1. The second-order valence-corrected chi connectivity index (χ2v) is 5.96. The standard InChI is InChI=1S/C14H18BrN3O2/c1-8(2)18-7-11(15)5-12(18)13(19)17-10(4)14-16-6-9(3)20-14/h5-8,10H,1-4H3,(H,17,19). The molecule has 0 aromatic carbocycles. The van der Waals surface area contributed by atoms with Crippen LogP contribution in [0.3, 0.4) is 0 Å². The van der Waals surface area contributed by atoms with E-state index in [2.05, 4.69) is 26.2 Å². The van der Waals surface area contributed by atoms with E-state index in [1.165, 1.54) is 0 Å². The molecule has 0 aliphatic carbocycles. The molecule has 1 atom stereocenters. The predicted octanol–water partition coefficient (Wildman–Crippen LogP) is 3.62. The van der Waals surface area contributed by atoms with Crippen molar-refractivity contribution in [2.24, 2.45) is 0 Å². The number of carbonyl (C=O) groups excluding carboxylic acids is 1. The molecule has 0 saturated carbocycles. The van der Waals surface area contributed by atoms with Crippen LogP contribution in [0.5, 0.6) is 0 Å². The average Bonchev–Trinajstić information content (AvgIpc) is 2.95. The van der Waals surface area contributed by atoms with Gasteiger partial charge in [-0.1, -0.05) is 0 Å². The van der Waals surface area contributed by atoms with Crippen molar-refractivity contribution >= 4 is 21.8 Å².